The van der Waals surface area contributed by atoms with Crippen LogP contribution in [0, 0.1) is 11.8 Å². The molecule has 0 saturated heterocycles. The van der Waals surface area contributed by atoms with Crippen LogP contribution in [0.2, 0.25) is 0 Å². The van der Waals surface area contributed by atoms with E-state index in [0.717, 1.165) is 12.8 Å². The molecule has 1 aliphatic carbocycles. The molecule has 0 aromatic heterocycles. The monoisotopic (exact) mass is 388 g/mol. The second-order valence-corrected chi connectivity index (χ2v) is 7.65. The van der Waals surface area contributed by atoms with Crippen molar-refractivity contribution in [3.8, 4) is 5.75 Å². The van der Waals surface area contributed by atoms with Crippen LogP contribution in [0.15, 0.2) is 24.3 Å². The van der Waals surface area contributed by atoms with E-state index >= 15 is 0 Å². The van der Waals surface area contributed by atoms with E-state index < -0.39 is 5.97 Å². The molecule has 0 unspecified atom stereocenters. The topological polar surface area (TPSA) is 84.9 Å². The Morgan fingerprint density at radius 1 is 1.25 bits per heavy atom. The number of benzene rings is 1. The lowest BCUT2D eigenvalue weighted by Crippen LogP contribution is -2.45. The van der Waals surface area contributed by atoms with Crippen LogP contribution in [0.25, 0.3) is 0 Å². The van der Waals surface area contributed by atoms with E-state index in [4.69, 9.17) is 9.47 Å². The maximum Gasteiger partial charge on any atom is 0.326 e. The van der Waals surface area contributed by atoms with Crippen LogP contribution in [-0.2, 0) is 19.1 Å². The normalized spacial score (nSPS) is 24.6. The molecule has 0 radical (unpaired) electrons. The zero-order valence-corrected chi connectivity index (χ0v) is 16.5. The van der Waals surface area contributed by atoms with Gasteiger partial charge in [-0.3, -0.25) is 19.3 Å². The number of esters is 1. The summed E-state index contributed by atoms with van der Waals surface area (Å²) in [6, 6.07) is 7.18. The van der Waals surface area contributed by atoms with E-state index in [1.54, 1.807) is 18.2 Å². The average Bonchev–Trinajstić information content (AvgIpc) is 2.83. The minimum atomic E-state index is -0.620. The Hall–Kier alpha value is -2.57. The number of carbonyl (C=O) groups excluding carboxylic acids is 3. The number of fused-ring (bicyclic) bond motifs is 1. The third-order valence-electron chi connectivity index (χ3n) is 5.74. The standard InChI is InChI=1S/C21H28N2O5/c1-14-6-5-7-16(15(14)2)22-19(24)13-28-21(26)12-23-17-8-3-4-9-18(17)27-11-10-20(23)25/h3-4,8-9,14-16H,5-7,10-13H2,1-2H3,(H,22,24)/t14-,15+,16+/m0/s1. The highest BCUT2D eigenvalue weighted by Crippen LogP contribution is 2.31. The number of nitrogens with zero attached hydrogens (tertiary/aromatic N) is 1. The lowest BCUT2D eigenvalue weighted by molar-refractivity contribution is -0.148. The molecular weight excluding hydrogens is 360 g/mol. The number of para-hydroxylation sites is 2. The minimum Gasteiger partial charge on any atom is -0.491 e. The molecule has 1 aromatic carbocycles. The molecule has 7 nitrogen and oxygen atoms in total. The highest BCUT2D eigenvalue weighted by atomic mass is 16.5. The van der Waals surface area contributed by atoms with E-state index in [0.29, 0.717) is 23.3 Å². The SMILES string of the molecule is C[C@@H]1[C@@H](C)CCC[C@H]1NC(=O)COC(=O)CN1C(=O)CCOc2ccccc21. The van der Waals surface area contributed by atoms with Crippen LogP contribution >= 0.6 is 0 Å². The largest absolute Gasteiger partial charge is 0.491 e. The van der Waals surface area contributed by atoms with E-state index in [2.05, 4.69) is 19.2 Å². The lowest BCUT2D eigenvalue weighted by Gasteiger charge is -2.34. The Balaban J connectivity index is 1.52. The number of nitrogens with one attached hydrogen (secondary N) is 1. The first-order chi connectivity index (χ1) is 13.5. The Bertz CT molecular complexity index is 735. The zero-order chi connectivity index (χ0) is 20.1. The zero-order valence-electron chi connectivity index (χ0n) is 16.5. The Kier molecular flexibility index (Phi) is 6.54. The van der Waals surface area contributed by atoms with Crippen LogP contribution in [0.3, 0.4) is 0 Å². The second kappa shape index (κ2) is 9.08. The Labute approximate surface area is 165 Å². The first-order valence-corrected chi connectivity index (χ1v) is 9.93. The first kappa shape index (κ1) is 20.2. The predicted octanol–water partition coefficient (Wildman–Crippen LogP) is 2.29. The van der Waals surface area contributed by atoms with Crippen LogP contribution in [0.5, 0.6) is 5.75 Å². The Morgan fingerprint density at radius 2 is 2.04 bits per heavy atom. The number of carbonyl (C=O) groups is 3. The van der Waals surface area contributed by atoms with Gasteiger partial charge >= 0.3 is 5.97 Å². The van der Waals surface area contributed by atoms with Gasteiger partial charge in [-0.25, -0.2) is 0 Å². The van der Waals surface area contributed by atoms with Crippen molar-refractivity contribution >= 4 is 23.5 Å². The quantitative estimate of drug-likeness (QED) is 0.783. The fraction of sp³-hybridized carbons (Fsp3) is 0.571. The van der Waals surface area contributed by atoms with E-state index in [-0.39, 0.29) is 44.0 Å². The van der Waals surface area contributed by atoms with Gasteiger partial charge in [0.05, 0.1) is 18.7 Å². The summed E-state index contributed by atoms with van der Waals surface area (Å²) in [6.45, 7) is 4.02. The van der Waals surface area contributed by atoms with E-state index in [1.165, 1.54) is 11.3 Å². The summed E-state index contributed by atoms with van der Waals surface area (Å²) >= 11 is 0. The fourth-order valence-corrected chi connectivity index (χ4v) is 3.85. The molecule has 2 aliphatic rings. The molecule has 0 bridgehead atoms. The van der Waals surface area contributed by atoms with Gasteiger partial charge in [0, 0.05) is 6.04 Å². The smallest absolute Gasteiger partial charge is 0.326 e. The van der Waals surface area contributed by atoms with E-state index in [9.17, 15) is 14.4 Å². The molecule has 152 valence electrons. The van der Waals surface area contributed by atoms with Gasteiger partial charge in [-0.1, -0.05) is 38.8 Å². The van der Waals surface area contributed by atoms with Crippen LogP contribution in [0.4, 0.5) is 5.69 Å². The van der Waals surface area contributed by atoms with Crippen molar-refractivity contribution in [3.63, 3.8) is 0 Å². The number of rotatable bonds is 5. The van der Waals surface area contributed by atoms with Gasteiger partial charge < -0.3 is 14.8 Å². The van der Waals surface area contributed by atoms with E-state index in [1.807, 2.05) is 6.07 Å². The van der Waals surface area contributed by atoms with Crippen molar-refractivity contribution in [2.45, 2.75) is 45.6 Å². The Morgan fingerprint density at radius 3 is 2.86 bits per heavy atom. The van der Waals surface area contributed by atoms with Gasteiger partial charge in [-0.05, 0) is 30.4 Å². The minimum absolute atomic E-state index is 0.117. The van der Waals surface area contributed by atoms with Gasteiger partial charge in [0.15, 0.2) is 6.61 Å². The van der Waals surface area contributed by atoms with Crippen LogP contribution in [0.1, 0.15) is 39.5 Å². The molecule has 1 saturated carbocycles. The number of anilines is 1. The second-order valence-electron chi connectivity index (χ2n) is 7.65. The van der Waals surface area contributed by atoms with Crippen molar-refractivity contribution < 1.29 is 23.9 Å². The summed E-state index contributed by atoms with van der Waals surface area (Å²) in [5, 5.41) is 2.98. The lowest BCUT2D eigenvalue weighted by atomic mass is 9.78. The third-order valence-corrected chi connectivity index (χ3v) is 5.74. The summed E-state index contributed by atoms with van der Waals surface area (Å²) < 4.78 is 10.7. The first-order valence-electron chi connectivity index (χ1n) is 9.93. The summed E-state index contributed by atoms with van der Waals surface area (Å²) in [5.74, 6) is 0.392. The summed E-state index contributed by atoms with van der Waals surface area (Å²) in [5.41, 5.74) is 0.538. The van der Waals surface area contributed by atoms with Crippen molar-refractivity contribution in [3.05, 3.63) is 24.3 Å². The van der Waals surface area contributed by atoms with Crippen molar-refractivity contribution in [2.75, 3.05) is 24.7 Å². The highest BCUT2D eigenvalue weighted by Gasteiger charge is 2.29. The number of ether oxygens (including phenoxy) is 2. The van der Waals surface area contributed by atoms with Crippen molar-refractivity contribution in [1.82, 2.24) is 5.32 Å². The maximum absolute atomic E-state index is 12.3. The molecule has 1 aliphatic heterocycles. The highest BCUT2D eigenvalue weighted by molar-refractivity contribution is 5.99. The van der Waals surface area contributed by atoms with Crippen molar-refractivity contribution in [1.29, 1.82) is 0 Å². The molecular formula is C21H28N2O5. The predicted molar refractivity (Wildman–Crippen MR) is 104 cm³/mol. The van der Waals surface area contributed by atoms with Gasteiger partial charge in [0.1, 0.15) is 12.3 Å². The number of hydrogen-bond donors (Lipinski definition) is 1. The summed E-state index contributed by atoms with van der Waals surface area (Å²) in [7, 11) is 0. The average molecular weight is 388 g/mol. The third kappa shape index (κ3) is 4.82. The van der Waals surface area contributed by atoms with Gasteiger partial charge in [0.25, 0.3) is 5.91 Å². The maximum atomic E-state index is 12.3. The summed E-state index contributed by atoms with van der Waals surface area (Å²) in [4.78, 5) is 38.1. The molecule has 0 spiro atoms. The summed E-state index contributed by atoms with van der Waals surface area (Å²) in [6.07, 6.45) is 3.40. The van der Waals surface area contributed by atoms with Crippen LogP contribution in [-0.4, -0.2) is 43.6 Å². The molecule has 7 heteroatoms. The number of amides is 2. The molecule has 2 amide bonds. The van der Waals surface area contributed by atoms with Gasteiger partial charge in [-0.15, -0.1) is 0 Å². The molecule has 3 rings (SSSR count). The van der Waals surface area contributed by atoms with Crippen molar-refractivity contribution in [2.24, 2.45) is 11.8 Å². The molecule has 1 aromatic rings. The number of hydrogen-bond acceptors (Lipinski definition) is 5. The molecule has 1 heterocycles. The van der Waals surface area contributed by atoms with Crippen LogP contribution < -0.4 is 15.0 Å². The molecule has 3 atom stereocenters. The van der Waals surface area contributed by atoms with Gasteiger partial charge in [0.2, 0.25) is 5.91 Å². The molecule has 1 N–H and O–H groups in total. The molecule has 28 heavy (non-hydrogen) atoms. The molecule has 1 fully saturated rings. The van der Waals surface area contributed by atoms with Gasteiger partial charge in [-0.2, -0.15) is 0 Å². The fourth-order valence-electron chi connectivity index (χ4n) is 3.85.